The van der Waals surface area contributed by atoms with Gasteiger partial charge in [-0.1, -0.05) is 19.1 Å². The molecule has 2 rings (SSSR count). The molecule has 1 fully saturated rings. The Morgan fingerprint density at radius 1 is 1.48 bits per heavy atom. The fourth-order valence-corrected chi connectivity index (χ4v) is 5.52. The molecule has 0 amide bonds. The molecular formula is C14H21FN2O2S2. The van der Waals surface area contributed by atoms with Gasteiger partial charge in [-0.15, -0.1) is 0 Å². The number of hydrogen-bond acceptors (Lipinski definition) is 5. The Morgan fingerprint density at radius 2 is 2.24 bits per heavy atom. The Labute approximate surface area is 130 Å². The molecule has 0 bridgehead atoms. The lowest BCUT2D eigenvalue weighted by Gasteiger charge is -2.37. The van der Waals surface area contributed by atoms with E-state index in [0.29, 0.717) is 24.5 Å². The van der Waals surface area contributed by atoms with Crippen molar-refractivity contribution in [1.82, 2.24) is 5.32 Å². The molecule has 1 aromatic carbocycles. The lowest BCUT2D eigenvalue weighted by atomic mass is 10.1. The van der Waals surface area contributed by atoms with Crippen LogP contribution in [0.25, 0.3) is 0 Å². The SMILES string of the molecule is CCS(=O)(=O)C1CSCCN1c1c(F)cccc1CNC. The number of rotatable bonds is 5. The maximum atomic E-state index is 14.4. The molecule has 1 aromatic rings. The molecule has 0 aromatic heterocycles. The van der Waals surface area contributed by atoms with Crippen LogP contribution >= 0.6 is 11.8 Å². The molecule has 7 heteroatoms. The Balaban J connectivity index is 2.47. The van der Waals surface area contributed by atoms with Crippen LogP contribution in [0.5, 0.6) is 0 Å². The number of thioether (sulfide) groups is 1. The third-order valence-corrected chi connectivity index (χ3v) is 6.91. The smallest absolute Gasteiger partial charge is 0.171 e. The summed E-state index contributed by atoms with van der Waals surface area (Å²) < 4.78 is 39.0. The minimum atomic E-state index is -3.25. The normalized spacial score (nSPS) is 19.8. The fraction of sp³-hybridized carbons (Fsp3) is 0.571. The van der Waals surface area contributed by atoms with E-state index >= 15 is 0 Å². The van der Waals surface area contributed by atoms with Crippen LogP contribution in [0.1, 0.15) is 12.5 Å². The van der Waals surface area contributed by atoms with Gasteiger partial charge in [0.25, 0.3) is 0 Å². The largest absolute Gasteiger partial charge is 0.351 e. The van der Waals surface area contributed by atoms with Gasteiger partial charge in [-0.3, -0.25) is 0 Å². The van der Waals surface area contributed by atoms with Crippen molar-refractivity contribution in [2.24, 2.45) is 0 Å². The zero-order valence-corrected chi connectivity index (χ0v) is 13.9. The fourth-order valence-electron chi connectivity index (χ4n) is 2.54. The zero-order chi connectivity index (χ0) is 15.5. The lowest BCUT2D eigenvalue weighted by molar-refractivity contribution is 0.573. The van der Waals surface area contributed by atoms with Crippen LogP contribution in [-0.4, -0.2) is 44.6 Å². The van der Waals surface area contributed by atoms with Gasteiger partial charge >= 0.3 is 0 Å². The standard InChI is InChI=1S/C14H21FN2O2S2/c1-3-21(18,19)13-10-20-8-7-17(13)14-11(9-16-2)5-4-6-12(14)15/h4-6,13,16H,3,7-10H2,1-2H3. The van der Waals surface area contributed by atoms with Gasteiger partial charge in [-0.25, -0.2) is 12.8 Å². The monoisotopic (exact) mass is 332 g/mol. The summed E-state index contributed by atoms with van der Waals surface area (Å²) in [5, 5.41) is 2.37. The van der Waals surface area contributed by atoms with E-state index in [1.165, 1.54) is 6.07 Å². The van der Waals surface area contributed by atoms with Gasteiger partial charge in [0.1, 0.15) is 11.2 Å². The molecule has 1 atom stereocenters. The molecule has 1 heterocycles. The highest BCUT2D eigenvalue weighted by molar-refractivity contribution is 8.01. The van der Waals surface area contributed by atoms with Crippen molar-refractivity contribution in [2.45, 2.75) is 18.8 Å². The predicted octanol–water partition coefficient (Wildman–Crippen LogP) is 1.86. The third kappa shape index (κ3) is 3.52. The van der Waals surface area contributed by atoms with Crippen molar-refractivity contribution >= 4 is 27.3 Å². The molecule has 4 nitrogen and oxygen atoms in total. The molecule has 1 saturated heterocycles. The number of halogens is 1. The van der Waals surface area contributed by atoms with E-state index in [1.54, 1.807) is 36.7 Å². The molecule has 118 valence electrons. The summed E-state index contributed by atoms with van der Waals surface area (Å²) in [5.41, 5.74) is 1.22. The van der Waals surface area contributed by atoms with E-state index in [-0.39, 0.29) is 11.6 Å². The molecule has 21 heavy (non-hydrogen) atoms. The molecular weight excluding hydrogens is 311 g/mol. The first-order valence-electron chi connectivity index (χ1n) is 6.99. The second-order valence-corrected chi connectivity index (χ2v) is 8.55. The summed E-state index contributed by atoms with van der Waals surface area (Å²) in [4.78, 5) is 1.73. The molecule has 0 saturated carbocycles. The predicted molar refractivity (Wildman–Crippen MR) is 87.1 cm³/mol. The number of hydrogen-bond donors (Lipinski definition) is 1. The minimum absolute atomic E-state index is 0.0739. The highest BCUT2D eigenvalue weighted by Gasteiger charge is 2.35. The van der Waals surface area contributed by atoms with Crippen molar-refractivity contribution in [2.75, 3.05) is 35.8 Å². The van der Waals surface area contributed by atoms with Crippen LogP contribution in [-0.2, 0) is 16.4 Å². The molecule has 0 spiro atoms. The van der Waals surface area contributed by atoms with E-state index in [9.17, 15) is 12.8 Å². The summed E-state index contributed by atoms with van der Waals surface area (Å²) >= 11 is 1.61. The first-order valence-corrected chi connectivity index (χ1v) is 9.86. The van der Waals surface area contributed by atoms with Crippen LogP contribution in [0.4, 0.5) is 10.1 Å². The third-order valence-electron chi connectivity index (χ3n) is 3.63. The van der Waals surface area contributed by atoms with E-state index in [2.05, 4.69) is 5.32 Å². The molecule has 1 unspecified atom stereocenters. The zero-order valence-electron chi connectivity index (χ0n) is 12.3. The van der Waals surface area contributed by atoms with Crippen molar-refractivity contribution in [3.05, 3.63) is 29.6 Å². The summed E-state index contributed by atoms with van der Waals surface area (Å²) in [6, 6.07) is 4.89. The Hall–Kier alpha value is -0.790. The first kappa shape index (κ1) is 16.6. The second kappa shape index (κ2) is 6.98. The van der Waals surface area contributed by atoms with Crippen molar-refractivity contribution in [3.8, 4) is 0 Å². The highest BCUT2D eigenvalue weighted by atomic mass is 32.2. The number of anilines is 1. The lowest BCUT2D eigenvalue weighted by Crippen LogP contribution is -2.48. The molecule has 1 N–H and O–H groups in total. The van der Waals surface area contributed by atoms with Gasteiger partial charge < -0.3 is 10.2 Å². The van der Waals surface area contributed by atoms with Crippen LogP contribution in [0.3, 0.4) is 0 Å². The van der Waals surface area contributed by atoms with Crippen LogP contribution < -0.4 is 10.2 Å². The quantitative estimate of drug-likeness (QED) is 0.892. The van der Waals surface area contributed by atoms with Crippen molar-refractivity contribution < 1.29 is 12.8 Å². The number of nitrogens with one attached hydrogen (secondary N) is 1. The van der Waals surface area contributed by atoms with Crippen molar-refractivity contribution in [1.29, 1.82) is 0 Å². The molecule has 0 aliphatic carbocycles. The van der Waals surface area contributed by atoms with Gasteiger partial charge in [0.2, 0.25) is 0 Å². The maximum Gasteiger partial charge on any atom is 0.171 e. The van der Waals surface area contributed by atoms with Gasteiger partial charge in [-0.05, 0) is 18.7 Å². The number of benzene rings is 1. The van der Waals surface area contributed by atoms with Gasteiger partial charge in [0.05, 0.1) is 5.69 Å². The van der Waals surface area contributed by atoms with E-state index in [0.717, 1.165) is 11.3 Å². The Bertz CT molecular complexity index is 593. The van der Waals surface area contributed by atoms with Crippen molar-refractivity contribution in [3.63, 3.8) is 0 Å². The average Bonchev–Trinajstić information content (AvgIpc) is 2.48. The van der Waals surface area contributed by atoms with Crippen LogP contribution in [0.2, 0.25) is 0 Å². The summed E-state index contributed by atoms with van der Waals surface area (Å²) in [6.45, 7) is 2.70. The van der Waals surface area contributed by atoms with E-state index in [1.807, 2.05) is 6.07 Å². The maximum absolute atomic E-state index is 14.4. The topological polar surface area (TPSA) is 49.4 Å². The second-order valence-electron chi connectivity index (χ2n) is 4.95. The first-order chi connectivity index (χ1) is 10.0. The van der Waals surface area contributed by atoms with Gasteiger partial charge in [0.15, 0.2) is 9.84 Å². The Kier molecular flexibility index (Phi) is 5.51. The number of nitrogens with zero attached hydrogens (tertiary/aromatic N) is 1. The van der Waals surface area contributed by atoms with Gasteiger partial charge in [-0.2, -0.15) is 11.8 Å². The average molecular weight is 332 g/mol. The van der Waals surface area contributed by atoms with Crippen LogP contribution in [0, 0.1) is 5.82 Å². The number of sulfone groups is 1. The number of para-hydroxylation sites is 1. The molecule has 1 aliphatic heterocycles. The van der Waals surface area contributed by atoms with E-state index < -0.39 is 15.2 Å². The Morgan fingerprint density at radius 3 is 2.90 bits per heavy atom. The summed E-state index contributed by atoms with van der Waals surface area (Å²) in [7, 11) is -1.46. The molecule has 0 radical (unpaired) electrons. The highest BCUT2D eigenvalue weighted by Crippen LogP contribution is 2.32. The minimum Gasteiger partial charge on any atom is -0.351 e. The van der Waals surface area contributed by atoms with Crippen LogP contribution in [0.15, 0.2) is 18.2 Å². The summed E-state index contributed by atoms with van der Waals surface area (Å²) in [5.74, 6) is 1.02. The molecule has 1 aliphatic rings. The van der Waals surface area contributed by atoms with Gasteiger partial charge in [0, 0.05) is 30.3 Å². The summed E-state index contributed by atoms with van der Waals surface area (Å²) in [6.07, 6.45) is 0. The van der Waals surface area contributed by atoms with E-state index in [4.69, 9.17) is 0 Å².